The number of nitrogens with zero attached hydrogens (tertiary/aromatic N) is 2. The molecule has 3 nitrogen and oxygen atoms in total. The van der Waals surface area contributed by atoms with Gasteiger partial charge in [-0.25, -0.2) is 4.98 Å². The minimum Gasteiger partial charge on any atom is -0.395 e. The average Bonchev–Trinajstić information content (AvgIpc) is 2.96. The number of benzene rings is 2. The van der Waals surface area contributed by atoms with E-state index in [0.29, 0.717) is 0 Å². The quantitative estimate of drug-likeness (QED) is 0.744. The van der Waals surface area contributed by atoms with Crippen molar-refractivity contribution in [3.05, 3.63) is 53.5 Å². The second-order valence-electron chi connectivity index (χ2n) is 4.85. The van der Waals surface area contributed by atoms with Crippen LogP contribution in [0.2, 0.25) is 0 Å². The van der Waals surface area contributed by atoms with E-state index in [1.54, 1.807) is 11.3 Å². The number of thiazole rings is 1. The van der Waals surface area contributed by atoms with Crippen molar-refractivity contribution in [2.45, 2.75) is 6.42 Å². The predicted molar refractivity (Wildman–Crippen MR) is 87.4 cm³/mol. The first-order valence-corrected chi connectivity index (χ1v) is 7.50. The van der Waals surface area contributed by atoms with Crippen molar-refractivity contribution in [2.24, 2.45) is 0 Å². The fourth-order valence-corrected chi connectivity index (χ4v) is 3.03. The molecule has 0 unspecified atom stereocenters. The van der Waals surface area contributed by atoms with Gasteiger partial charge in [-0.3, -0.25) is 0 Å². The molecule has 102 valence electrons. The molecule has 0 aliphatic rings. The van der Waals surface area contributed by atoms with Crippen LogP contribution >= 0.6 is 11.3 Å². The molecule has 2 N–H and O–H groups in total. The molecule has 1 heterocycles. The molecular formula is C16H17N3S. The molecule has 0 aliphatic carbocycles. The molecule has 0 saturated heterocycles. The zero-order chi connectivity index (χ0) is 13.9. The van der Waals surface area contributed by atoms with Crippen LogP contribution in [0.5, 0.6) is 0 Å². The lowest BCUT2D eigenvalue weighted by Crippen LogP contribution is -2.21. The Morgan fingerprint density at radius 2 is 1.95 bits per heavy atom. The lowest BCUT2D eigenvalue weighted by atomic mass is 10.1. The number of fused-ring (bicyclic) bond motifs is 1. The van der Waals surface area contributed by atoms with E-state index in [1.807, 2.05) is 11.6 Å². The summed E-state index contributed by atoms with van der Waals surface area (Å²) < 4.78 is 1.14. The molecule has 3 aromatic rings. The van der Waals surface area contributed by atoms with E-state index in [0.717, 1.165) is 34.6 Å². The van der Waals surface area contributed by atoms with E-state index in [4.69, 9.17) is 5.73 Å². The van der Waals surface area contributed by atoms with E-state index in [1.165, 1.54) is 5.56 Å². The molecule has 2 aromatic carbocycles. The van der Waals surface area contributed by atoms with Crippen LogP contribution in [0.1, 0.15) is 5.56 Å². The molecule has 0 bridgehead atoms. The molecule has 0 fully saturated rings. The molecule has 1 aromatic heterocycles. The van der Waals surface area contributed by atoms with Crippen LogP contribution in [0.3, 0.4) is 0 Å². The van der Waals surface area contributed by atoms with Crippen LogP contribution < -0.4 is 10.6 Å². The van der Waals surface area contributed by atoms with Gasteiger partial charge in [0.05, 0.1) is 21.6 Å². The highest BCUT2D eigenvalue weighted by Gasteiger charge is 2.10. The summed E-state index contributed by atoms with van der Waals surface area (Å²) in [4.78, 5) is 6.54. The largest absolute Gasteiger partial charge is 0.395 e. The number of hydrogen-bond acceptors (Lipinski definition) is 4. The van der Waals surface area contributed by atoms with Gasteiger partial charge in [-0.1, -0.05) is 30.3 Å². The van der Waals surface area contributed by atoms with Crippen molar-refractivity contribution < 1.29 is 0 Å². The van der Waals surface area contributed by atoms with E-state index in [9.17, 15) is 0 Å². The highest BCUT2D eigenvalue weighted by atomic mass is 32.1. The fraction of sp³-hybridized carbons (Fsp3) is 0.188. The molecule has 0 radical (unpaired) electrons. The van der Waals surface area contributed by atoms with Gasteiger partial charge in [0.1, 0.15) is 5.52 Å². The topological polar surface area (TPSA) is 42.2 Å². The summed E-state index contributed by atoms with van der Waals surface area (Å²) in [6.07, 6.45) is 1.01. The van der Waals surface area contributed by atoms with Crippen LogP contribution in [0.25, 0.3) is 10.2 Å². The Morgan fingerprint density at radius 1 is 1.15 bits per heavy atom. The van der Waals surface area contributed by atoms with Gasteiger partial charge in [-0.05, 0) is 24.1 Å². The molecule has 4 heteroatoms. The molecule has 0 amide bonds. The standard InChI is InChI=1S/C16H17N3S/c1-19(10-9-12-5-3-2-4-6-12)13-7-8-14-16(15(13)17)18-11-20-14/h2-8,11H,9-10,17H2,1H3. The van der Waals surface area contributed by atoms with Crippen LogP contribution in [0, 0.1) is 0 Å². The van der Waals surface area contributed by atoms with Crippen molar-refractivity contribution in [1.82, 2.24) is 4.98 Å². The summed E-state index contributed by atoms with van der Waals surface area (Å²) in [5.41, 5.74) is 12.2. The first kappa shape index (κ1) is 12.9. The Bertz CT molecular complexity index is 706. The number of rotatable bonds is 4. The predicted octanol–water partition coefficient (Wildman–Crippen LogP) is 3.56. The summed E-state index contributed by atoms with van der Waals surface area (Å²) in [5.74, 6) is 0. The SMILES string of the molecule is CN(CCc1ccccc1)c1ccc2scnc2c1N. The van der Waals surface area contributed by atoms with Crippen molar-refractivity contribution in [2.75, 3.05) is 24.2 Å². The second-order valence-corrected chi connectivity index (χ2v) is 5.74. The maximum atomic E-state index is 6.24. The Balaban J connectivity index is 1.78. The van der Waals surface area contributed by atoms with E-state index in [-0.39, 0.29) is 0 Å². The molecule has 0 saturated carbocycles. The highest BCUT2D eigenvalue weighted by molar-refractivity contribution is 7.16. The van der Waals surface area contributed by atoms with Gasteiger partial charge in [-0.2, -0.15) is 0 Å². The van der Waals surface area contributed by atoms with Crippen LogP contribution in [-0.4, -0.2) is 18.6 Å². The Labute approximate surface area is 122 Å². The zero-order valence-electron chi connectivity index (χ0n) is 11.4. The minimum atomic E-state index is 0.777. The maximum absolute atomic E-state index is 6.24. The summed E-state index contributed by atoms with van der Waals surface area (Å²) in [6, 6.07) is 14.7. The van der Waals surface area contributed by atoms with Gasteiger partial charge in [0.25, 0.3) is 0 Å². The summed E-state index contributed by atoms with van der Waals surface area (Å²) in [5, 5.41) is 0. The summed E-state index contributed by atoms with van der Waals surface area (Å²) in [6.45, 7) is 0.934. The molecular weight excluding hydrogens is 266 g/mol. The number of anilines is 2. The van der Waals surface area contributed by atoms with Gasteiger partial charge in [0.15, 0.2) is 0 Å². The fourth-order valence-electron chi connectivity index (χ4n) is 2.34. The van der Waals surface area contributed by atoms with Gasteiger partial charge < -0.3 is 10.6 Å². The van der Waals surface area contributed by atoms with Crippen molar-refractivity contribution >= 4 is 32.9 Å². The maximum Gasteiger partial charge on any atom is 0.106 e. The number of nitrogens with two attached hydrogens (primary N) is 1. The molecule has 0 spiro atoms. The third-order valence-corrected chi connectivity index (χ3v) is 4.30. The lowest BCUT2D eigenvalue weighted by molar-refractivity contribution is 0.878. The monoisotopic (exact) mass is 283 g/mol. The minimum absolute atomic E-state index is 0.777. The van der Waals surface area contributed by atoms with Crippen molar-refractivity contribution in [3.8, 4) is 0 Å². The van der Waals surface area contributed by atoms with Crippen molar-refractivity contribution in [3.63, 3.8) is 0 Å². The molecule has 20 heavy (non-hydrogen) atoms. The Kier molecular flexibility index (Phi) is 3.56. The van der Waals surface area contributed by atoms with Crippen molar-refractivity contribution in [1.29, 1.82) is 0 Å². The van der Waals surface area contributed by atoms with E-state index < -0.39 is 0 Å². The van der Waals surface area contributed by atoms with E-state index >= 15 is 0 Å². The number of hydrogen-bond donors (Lipinski definition) is 1. The Morgan fingerprint density at radius 3 is 2.75 bits per heavy atom. The Hall–Kier alpha value is -2.07. The summed E-state index contributed by atoms with van der Waals surface area (Å²) in [7, 11) is 2.08. The van der Waals surface area contributed by atoms with Crippen LogP contribution in [0.15, 0.2) is 48.0 Å². The molecule has 3 rings (SSSR count). The average molecular weight is 283 g/mol. The lowest BCUT2D eigenvalue weighted by Gasteiger charge is -2.21. The second kappa shape index (κ2) is 5.51. The highest BCUT2D eigenvalue weighted by Crippen LogP contribution is 2.31. The third kappa shape index (κ3) is 2.47. The van der Waals surface area contributed by atoms with Crippen LogP contribution in [-0.2, 0) is 6.42 Å². The van der Waals surface area contributed by atoms with Gasteiger partial charge in [-0.15, -0.1) is 11.3 Å². The first-order valence-electron chi connectivity index (χ1n) is 6.62. The van der Waals surface area contributed by atoms with Crippen LogP contribution in [0.4, 0.5) is 11.4 Å². The first-order chi connectivity index (χ1) is 9.75. The normalized spacial score (nSPS) is 10.8. The zero-order valence-corrected chi connectivity index (χ0v) is 12.2. The molecule has 0 aliphatic heterocycles. The molecule has 0 atom stereocenters. The van der Waals surface area contributed by atoms with E-state index in [2.05, 4.69) is 53.3 Å². The van der Waals surface area contributed by atoms with Gasteiger partial charge >= 0.3 is 0 Å². The number of aromatic nitrogens is 1. The van der Waals surface area contributed by atoms with Gasteiger partial charge in [0.2, 0.25) is 0 Å². The summed E-state index contributed by atoms with van der Waals surface area (Å²) >= 11 is 1.62. The third-order valence-electron chi connectivity index (χ3n) is 3.51. The number of likely N-dealkylation sites (N-methyl/N-ethyl adjacent to an activating group) is 1. The number of nitrogen functional groups attached to an aromatic ring is 1. The van der Waals surface area contributed by atoms with Gasteiger partial charge in [0, 0.05) is 13.6 Å². The smallest absolute Gasteiger partial charge is 0.106 e.